The second kappa shape index (κ2) is 6.20. The van der Waals surface area contributed by atoms with E-state index in [-0.39, 0.29) is 12.7 Å². The Morgan fingerprint density at radius 2 is 2.17 bits per heavy atom. The fourth-order valence-electron chi connectivity index (χ4n) is 3.53. The highest BCUT2D eigenvalue weighted by Crippen LogP contribution is 2.34. The zero-order chi connectivity index (χ0) is 16.5. The van der Waals surface area contributed by atoms with Gasteiger partial charge in [-0.3, -0.25) is 9.69 Å². The predicted octanol–water partition coefficient (Wildman–Crippen LogP) is 2.53. The van der Waals surface area contributed by atoms with Crippen molar-refractivity contribution in [2.45, 2.75) is 18.9 Å². The Hall–Kier alpha value is -2.47. The Kier molecular flexibility index (Phi) is 3.90. The molecule has 0 radical (unpaired) electrons. The number of carbonyl (C=O) groups excluding carboxylic acids is 1. The normalized spacial score (nSPS) is 19.6. The Balaban J connectivity index is 1.41. The molecule has 1 aromatic heterocycles. The van der Waals surface area contributed by atoms with E-state index in [4.69, 9.17) is 9.47 Å². The quantitative estimate of drug-likeness (QED) is 0.937. The summed E-state index contributed by atoms with van der Waals surface area (Å²) in [5.74, 6) is 1.39. The molecular weight excluding hydrogens is 306 g/mol. The summed E-state index contributed by atoms with van der Waals surface area (Å²) < 4.78 is 12.8. The number of aryl methyl sites for hydroxylation is 1. The molecular formula is C18H21N3O3. The van der Waals surface area contributed by atoms with Gasteiger partial charge in [-0.25, -0.2) is 0 Å². The molecule has 0 bridgehead atoms. The molecule has 0 aliphatic carbocycles. The number of nitrogens with one attached hydrogen (secondary N) is 1. The van der Waals surface area contributed by atoms with Crippen LogP contribution in [0.3, 0.4) is 0 Å². The van der Waals surface area contributed by atoms with E-state index in [1.807, 2.05) is 12.1 Å². The summed E-state index contributed by atoms with van der Waals surface area (Å²) in [5, 5.41) is 2.96. The average molecular weight is 327 g/mol. The Labute approximate surface area is 141 Å². The van der Waals surface area contributed by atoms with Gasteiger partial charge in [0, 0.05) is 30.7 Å². The van der Waals surface area contributed by atoms with Crippen LogP contribution in [0.2, 0.25) is 0 Å². The molecule has 2 aliphatic heterocycles. The molecule has 6 nitrogen and oxygen atoms in total. The number of benzene rings is 1. The van der Waals surface area contributed by atoms with E-state index < -0.39 is 0 Å². The second-order valence-corrected chi connectivity index (χ2v) is 6.29. The zero-order valence-electron chi connectivity index (χ0n) is 13.7. The Bertz CT molecular complexity index is 756. The molecule has 0 saturated carbocycles. The lowest BCUT2D eigenvalue weighted by Gasteiger charge is -2.24. The van der Waals surface area contributed by atoms with Crippen molar-refractivity contribution >= 4 is 11.6 Å². The first-order valence-electron chi connectivity index (χ1n) is 8.25. The summed E-state index contributed by atoms with van der Waals surface area (Å²) in [5.41, 5.74) is 2.00. The molecule has 3 heterocycles. The van der Waals surface area contributed by atoms with E-state index in [1.54, 1.807) is 6.07 Å². The molecule has 24 heavy (non-hydrogen) atoms. The SMILES string of the molecule is Cn1cccc1[C@@H]1CCCN1CC(=O)Nc1ccc2c(c1)OCO2. The largest absolute Gasteiger partial charge is 0.454 e. The van der Waals surface area contributed by atoms with Gasteiger partial charge < -0.3 is 19.4 Å². The molecule has 1 N–H and O–H groups in total. The number of hydrogen-bond donors (Lipinski definition) is 1. The van der Waals surface area contributed by atoms with Crippen LogP contribution in [-0.4, -0.2) is 35.3 Å². The third-order valence-corrected chi connectivity index (χ3v) is 4.69. The molecule has 0 unspecified atom stereocenters. The van der Waals surface area contributed by atoms with E-state index in [0.717, 1.165) is 30.8 Å². The molecule has 1 amide bonds. The number of anilines is 1. The first-order valence-corrected chi connectivity index (χ1v) is 8.25. The van der Waals surface area contributed by atoms with Crippen molar-refractivity contribution in [3.63, 3.8) is 0 Å². The molecule has 1 fully saturated rings. The van der Waals surface area contributed by atoms with Crippen molar-refractivity contribution in [2.24, 2.45) is 7.05 Å². The zero-order valence-corrected chi connectivity index (χ0v) is 13.7. The fourth-order valence-corrected chi connectivity index (χ4v) is 3.53. The van der Waals surface area contributed by atoms with Gasteiger partial charge in [0.05, 0.1) is 12.6 Å². The molecule has 1 saturated heterocycles. The van der Waals surface area contributed by atoms with Gasteiger partial charge in [0.15, 0.2) is 11.5 Å². The minimum Gasteiger partial charge on any atom is -0.454 e. The maximum absolute atomic E-state index is 12.4. The highest BCUT2D eigenvalue weighted by atomic mass is 16.7. The second-order valence-electron chi connectivity index (χ2n) is 6.29. The Morgan fingerprint density at radius 1 is 1.29 bits per heavy atom. The van der Waals surface area contributed by atoms with Crippen molar-refractivity contribution < 1.29 is 14.3 Å². The van der Waals surface area contributed by atoms with Crippen molar-refractivity contribution in [1.29, 1.82) is 0 Å². The van der Waals surface area contributed by atoms with Crippen LogP contribution in [0.25, 0.3) is 0 Å². The van der Waals surface area contributed by atoms with Crippen molar-refractivity contribution in [2.75, 3.05) is 25.2 Å². The van der Waals surface area contributed by atoms with Gasteiger partial charge in [-0.2, -0.15) is 0 Å². The van der Waals surface area contributed by atoms with Crippen LogP contribution in [0.5, 0.6) is 11.5 Å². The van der Waals surface area contributed by atoms with Gasteiger partial charge in [-0.15, -0.1) is 0 Å². The number of fused-ring (bicyclic) bond motifs is 1. The highest BCUT2D eigenvalue weighted by Gasteiger charge is 2.29. The lowest BCUT2D eigenvalue weighted by atomic mass is 10.1. The topological polar surface area (TPSA) is 55.7 Å². The molecule has 1 atom stereocenters. The summed E-state index contributed by atoms with van der Waals surface area (Å²) >= 11 is 0. The van der Waals surface area contributed by atoms with Crippen LogP contribution < -0.4 is 14.8 Å². The van der Waals surface area contributed by atoms with E-state index >= 15 is 0 Å². The van der Waals surface area contributed by atoms with Crippen molar-refractivity contribution in [3.05, 3.63) is 42.2 Å². The van der Waals surface area contributed by atoms with E-state index in [9.17, 15) is 4.79 Å². The van der Waals surface area contributed by atoms with Gasteiger partial charge in [0.25, 0.3) is 0 Å². The molecule has 4 rings (SSSR count). The van der Waals surface area contributed by atoms with Crippen LogP contribution in [0, 0.1) is 0 Å². The van der Waals surface area contributed by atoms with Gasteiger partial charge in [-0.1, -0.05) is 0 Å². The maximum Gasteiger partial charge on any atom is 0.238 e. The monoisotopic (exact) mass is 327 g/mol. The lowest BCUT2D eigenvalue weighted by molar-refractivity contribution is -0.117. The van der Waals surface area contributed by atoms with Crippen LogP contribution in [0.15, 0.2) is 36.5 Å². The minimum atomic E-state index is -0.00465. The maximum atomic E-state index is 12.4. The number of aromatic nitrogens is 1. The smallest absolute Gasteiger partial charge is 0.238 e. The summed E-state index contributed by atoms with van der Waals surface area (Å²) in [6.45, 7) is 1.58. The molecule has 0 spiro atoms. The van der Waals surface area contributed by atoms with Crippen molar-refractivity contribution in [3.8, 4) is 11.5 Å². The third-order valence-electron chi connectivity index (χ3n) is 4.69. The summed E-state index contributed by atoms with van der Waals surface area (Å²) in [4.78, 5) is 14.7. The summed E-state index contributed by atoms with van der Waals surface area (Å²) in [6.07, 6.45) is 4.26. The lowest BCUT2D eigenvalue weighted by Crippen LogP contribution is -2.33. The van der Waals surface area contributed by atoms with Crippen LogP contribution >= 0.6 is 0 Å². The van der Waals surface area contributed by atoms with E-state index in [1.165, 1.54) is 5.69 Å². The van der Waals surface area contributed by atoms with Gasteiger partial charge in [0.2, 0.25) is 12.7 Å². The van der Waals surface area contributed by atoms with Gasteiger partial charge >= 0.3 is 0 Å². The number of hydrogen-bond acceptors (Lipinski definition) is 4. The predicted molar refractivity (Wildman–Crippen MR) is 90.2 cm³/mol. The minimum absolute atomic E-state index is 0.00465. The van der Waals surface area contributed by atoms with Gasteiger partial charge in [0.1, 0.15) is 0 Å². The number of likely N-dealkylation sites (tertiary alicyclic amines) is 1. The average Bonchev–Trinajstić information content (AvgIpc) is 3.27. The van der Waals surface area contributed by atoms with E-state index in [2.05, 4.69) is 40.2 Å². The highest BCUT2D eigenvalue weighted by molar-refractivity contribution is 5.92. The molecule has 2 aromatic rings. The molecule has 2 aliphatic rings. The molecule has 6 heteroatoms. The molecule has 1 aromatic carbocycles. The standard InChI is InChI=1S/C18H21N3O3/c1-20-8-2-4-14(20)15-5-3-9-21(15)11-18(22)19-13-6-7-16-17(10-13)24-12-23-16/h2,4,6-8,10,15H,3,5,9,11-12H2,1H3,(H,19,22)/t15-/m0/s1. The number of ether oxygens (including phenoxy) is 2. The van der Waals surface area contributed by atoms with Gasteiger partial charge in [-0.05, 0) is 43.7 Å². The van der Waals surface area contributed by atoms with E-state index in [0.29, 0.717) is 18.3 Å². The first kappa shape index (κ1) is 15.1. The number of amides is 1. The number of nitrogens with zero attached hydrogens (tertiary/aromatic N) is 2. The first-order chi connectivity index (χ1) is 11.7. The number of rotatable bonds is 4. The fraction of sp³-hybridized carbons (Fsp3) is 0.389. The summed E-state index contributed by atoms with van der Waals surface area (Å²) in [7, 11) is 2.05. The van der Waals surface area contributed by atoms with Crippen LogP contribution in [-0.2, 0) is 11.8 Å². The van der Waals surface area contributed by atoms with Crippen molar-refractivity contribution in [1.82, 2.24) is 9.47 Å². The molecule has 126 valence electrons. The number of carbonyl (C=O) groups is 1. The summed E-state index contributed by atoms with van der Waals surface area (Å²) in [6, 6.07) is 9.97. The van der Waals surface area contributed by atoms with Crippen LogP contribution in [0.4, 0.5) is 5.69 Å². The Morgan fingerprint density at radius 3 is 3.00 bits per heavy atom. The third kappa shape index (κ3) is 2.85. The van der Waals surface area contributed by atoms with Crippen LogP contribution in [0.1, 0.15) is 24.6 Å².